The van der Waals surface area contributed by atoms with Gasteiger partial charge in [0.05, 0.1) is 12.6 Å². The van der Waals surface area contributed by atoms with Crippen molar-refractivity contribution in [1.29, 1.82) is 0 Å². The van der Waals surface area contributed by atoms with Crippen LogP contribution in [0.15, 0.2) is 47.5 Å². The third kappa shape index (κ3) is 5.41. The van der Waals surface area contributed by atoms with Crippen LogP contribution in [0.25, 0.3) is 0 Å². The Labute approximate surface area is 160 Å². The predicted molar refractivity (Wildman–Crippen MR) is 109 cm³/mol. The van der Waals surface area contributed by atoms with Crippen LogP contribution < -0.4 is 10.6 Å². The third-order valence-electron chi connectivity index (χ3n) is 4.62. The van der Waals surface area contributed by atoms with Gasteiger partial charge in [0.2, 0.25) is 5.96 Å². The van der Waals surface area contributed by atoms with Crippen LogP contribution in [0.1, 0.15) is 39.9 Å². The van der Waals surface area contributed by atoms with Gasteiger partial charge in [-0.05, 0) is 57.4 Å². The summed E-state index contributed by atoms with van der Waals surface area (Å²) in [5, 5.41) is 6.20. The number of benzene rings is 2. The fraction of sp³-hybridized carbons (Fsp3) is 0.364. The normalized spacial score (nSPS) is 17.0. The van der Waals surface area contributed by atoms with Gasteiger partial charge in [0.25, 0.3) is 5.91 Å². The summed E-state index contributed by atoms with van der Waals surface area (Å²) in [6.45, 7) is 7.38. The van der Waals surface area contributed by atoms with Gasteiger partial charge in [0.15, 0.2) is 0 Å². The topological polar surface area (TPSA) is 62.7 Å². The minimum Gasteiger partial charge on any atom is -0.376 e. The maximum Gasteiger partial charge on any atom is 0.257 e. The van der Waals surface area contributed by atoms with Crippen LogP contribution in [-0.4, -0.2) is 31.1 Å². The van der Waals surface area contributed by atoms with Gasteiger partial charge in [0, 0.05) is 17.9 Å². The number of aryl methyl sites for hydroxylation is 3. The minimum atomic E-state index is -0.179. The second-order valence-electron chi connectivity index (χ2n) is 7.09. The van der Waals surface area contributed by atoms with Crippen LogP contribution in [0, 0.1) is 20.8 Å². The molecule has 5 heteroatoms. The van der Waals surface area contributed by atoms with Crippen molar-refractivity contribution in [2.24, 2.45) is 4.99 Å². The number of carbonyl (C=O) groups is 1. The Morgan fingerprint density at radius 1 is 1.15 bits per heavy atom. The Kier molecular flexibility index (Phi) is 6.24. The summed E-state index contributed by atoms with van der Waals surface area (Å²) in [6, 6.07) is 13.7. The van der Waals surface area contributed by atoms with Crippen molar-refractivity contribution in [1.82, 2.24) is 5.32 Å². The van der Waals surface area contributed by atoms with Gasteiger partial charge < -0.3 is 10.1 Å². The van der Waals surface area contributed by atoms with Crippen molar-refractivity contribution in [2.45, 2.75) is 39.7 Å². The van der Waals surface area contributed by atoms with E-state index < -0.39 is 0 Å². The highest BCUT2D eigenvalue weighted by atomic mass is 16.5. The number of amides is 1. The molecule has 0 aliphatic carbocycles. The van der Waals surface area contributed by atoms with E-state index in [0.717, 1.165) is 36.3 Å². The molecule has 5 nitrogen and oxygen atoms in total. The van der Waals surface area contributed by atoms with Crippen LogP contribution in [0.3, 0.4) is 0 Å². The molecule has 1 aliphatic heterocycles. The molecule has 2 N–H and O–H groups in total. The zero-order valence-electron chi connectivity index (χ0n) is 16.2. The molecule has 1 saturated heterocycles. The predicted octanol–water partition coefficient (Wildman–Crippen LogP) is 3.99. The summed E-state index contributed by atoms with van der Waals surface area (Å²) >= 11 is 0. The molecule has 27 heavy (non-hydrogen) atoms. The number of aliphatic imine (C=N–C) groups is 1. The molecule has 0 bridgehead atoms. The van der Waals surface area contributed by atoms with Crippen LogP contribution in [0.4, 0.5) is 5.69 Å². The number of carbonyl (C=O) groups excluding carboxylic acids is 1. The summed E-state index contributed by atoms with van der Waals surface area (Å²) < 4.78 is 5.65. The Bertz CT molecular complexity index is 839. The smallest absolute Gasteiger partial charge is 0.257 e. The molecule has 0 unspecified atom stereocenters. The van der Waals surface area contributed by atoms with Gasteiger partial charge in [-0.2, -0.15) is 0 Å². The highest BCUT2D eigenvalue weighted by molar-refractivity contribution is 6.10. The van der Waals surface area contributed by atoms with E-state index in [-0.39, 0.29) is 12.0 Å². The molecular formula is C22H27N3O2. The van der Waals surface area contributed by atoms with Gasteiger partial charge in [-0.25, -0.2) is 4.99 Å². The first-order chi connectivity index (χ1) is 13.0. The minimum absolute atomic E-state index is 0.122. The second kappa shape index (κ2) is 8.82. The molecule has 0 saturated carbocycles. The molecule has 2 aromatic rings. The number of hydrogen-bond donors (Lipinski definition) is 2. The maximum atomic E-state index is 12.7. The number of anilines is 1. The highest BCUT2D eigenvalue weighted by Gasteiger charge is 2.16. The average molecular weight is 365 g/mol. The Morgan fingerprint density at radius 2 is 1.96 bits per heavy atom. The number of nitrogens with one attached hydrogen (secondary N) is 2. The molecule has 1 heterocycles. The van der Waals surface area contributed by atoms with E-state index in [9.17, 15) is 4.79 Å². The zero-order valence-corrected chi connectivity index (χ0v) is 16.2. The molecule has 1 atom stereocenters. The van der Waals surface area contributed by atoms with E-state index in [1.807, 2.05) is 44.2 Å². The molecule has 2 aromatic carbocycles. The average Bonchev–Trinajstić information content (AvgIpc) is 3.15. The largest absolute Gasteiger partial charge is 0.376 e. The van der Waals surface area contributed by atoms with Gasteiger partial charge in [-0.15, -0.1) is 0 Å². The SMILES string of the molecule is Cc1cccc(C(=O)NC(=NC[C@@H]2CCCO2)Nc2ccc(C)cc2C)c1. The van der Waals surface area contributed by atoms with Gasteiger partial charge in [-0.1, -0.05) is 35.4 Å². The van der Waals surface area contributed by atoms with Crippen molar-refractivity contribution in [3.8, 4) is 0 Å². The number of rotatable bonds is 4. The van der Waals surface area contributed by atoms with Crippen molar-refractivity contribution in [2.75, 3.05) is 18.5 Å². The summed E-state index contributed by atoms with van der Waals surface area (Å²) in [6.07, 6.45) is 2.19. The fourth-order valence-corrected chi connectivity index (χ4v) is 3.14. The van der Waals surface area contributed by atoms with Crippen molar-refractivity contribution >= 4 is 17.6 Å². The molecule has 1 aliphatic rings. The van der Waals surface area contributed by atoms with Gasteiger partial charge in [-0.3, -0.25) is 10.1 Å². The Hall–Kier alpha value is -2.66. The van der Waals surface area contributed by atoms with Crippen molar-refractivity contribution < 1.29 is 9.53 Å². The first kappa shape index (κ1) is 19.1. The van der Waals surface area contributed by atoms with E-state index in [0.29, 0.717) is 18.1 Å². The Morgan fingerprint density at radius 3 is 2.67 bits per heavy atom. The summed E-state index contributed by atoms with van der Waals surface area (Å²) in [5.41, 5.74) is 4.88. The first-order valence-electron chi connectivity index (χ1n) is 9.39. The summed E-state index contributed by atoms with van der Waals surface area (Å²) in [4.78, 5) is 17.3. The lowest BCUT2D eigenvalue weighted by molar-refractivity contribution is 0.0975. The van der Waals surface area contributed by atoms with Gasteiger partial charge >= 0.3 is 0 Å². The molecule has 0 radical (unpaired) electrons. The molecule has 0 aromatic heterocycles. The molecule has 0 spiro atoms. The van der Waals surface area contributed by atoms with Crippen LogP contribution in [-0.2, 0) is 4.74 Å². The number of ether oxygens (including phenoxy) is 1. The lowest BCUT2D eigenvalue weighted by Crippen LogP contribution is -2.37. The molecule has 1 fully saturated rings. The third-order valence-corrected chi connectivity index (χ3v) is 4.62. The molecule has 142 valence electrons. The van der Waals surface area contributed by atoms with Crippen molar-refractivity contribution in [3.05, 3.63) is 64.7 Å². The monoisotopic (exact) mass is 365 g/mol. The lowest BCUT2D eigenvalue weighted by Gasteiger charge is -2.15. The molecule has 1 amide bonds. The van der Waals surface area contributed by atoms with Crippen molar-refractivity contribution in [3.63, 3.8) is 0 Å². The van der Waals surface area contributed by atoms with Crippen LogP contribution in [0.5, 0.6) is 0 Å². The van der Waals surface area contributed by atoms with Gasteiger partial charge in [0.1, 0.15) is 0 Å². The van der Waals surface area contributed by atoms with Crippen LogP contribution in [0.2, 0.25) is 0 Å². The van der Waals surface area contributed by atoms with Crippen LogP contribution >= 0.6 is 0 Å². The molecule has 3 rings (SSSR count). The van der Waals surface area contributed by atoms with E-state index in [1.54, 1.807) is 6.07 Å². The quantitative estimate of drug-likeness (QED) is 0.636. The van der Waals surface area contributed by atoms with E-state index in [2.05, 4.69) is 28.6 Å². The zero-order chi connectivity index (χ0) is 19.2. The standard InChI is InChI=1S/C22H27N3O2/c1-15-6-4-7-18(13-15)21(26)25-22(23-14-19-8-5-11-27-19)24-20-10-9-16(2)12-17(20)3/h4,6-7,9-10,12-13,19H,5,8,11,14H2,1-3H3,(H2,23,24,25,26)/t19-/m0/s1. The number of hydrogen-bond acceptors (Lipinski definition) is 3. The maximum absolute atomic E-state index is 12.7. The van der Waals surface area contributed by atoms with E-state index >= 15 is 0 Å². The second-order valence-corrected chi connectivity index (χ2v) is 7.09. The Balaban J connectivity index is 1.78. The van der Waals surface area contributed by atoms with E-state index in [4.69, 9.17) is 4.74 Å². The lowest BCUT2D eigenvalue weighted by atomic mass is 10.1. The first-order valence-corrected chi connectivity index (χ1v) is 9.39. The summed E-state index contributed by atoms with van der Waals surface area (Å²) in [7, 11) is 0. The number of nitrogens with zero attached hydrogens (tertiary/aromatic N) is 1. The van der Waals surface area contributed by atoms with E-state index in [1.165, 1.54) is 5.56 Å². The molecular weight excluding hydrogens is 338 g/mol. The fourth-order valence-electron chi connectivity index (χ4n) is 3.14. The summed E-state index contributed by atoms with van der Waals surface area (Å²) in [5.74, 6) is 0.269. The number of guanidine groups is 1. The highest BCUT2D eigenvalue weighted by Crippen LogP contribution is 2.17.